The van der Waals surface area contributed by atoms with Crippen molar-refractivity contribution >= 4 is 23.5 Å². The number of anilines is 1. The van der Waals surface area contributed by atoms with Gasteiger partial charge in [-0.3, -0.25) is 9.59 Å². The number of ether oxygens (including phenoxy) is 3. The summed E-state index contributed by atoms with van der Waals surface area (Å²) < 4.78 is 15.8. The molecule has 0 fully saturated rings. The quantitative estimate of drug-likeness (QED) is 0.678. The van der Waals surface area contributed by atoms with E-state index in [9.17, 15) is 14.4 Å². The van der Waals surface area contributed by atoms with Gasteiger partial charge < -0.3 is 24.8 Å². The largest absolute Gasteiger partial charge is 0.454 e. The fourth-order valence-corrected chi connectivity index (χ4v) is 2.83. The van der Waals surface area contributed by atoms with Crippen molar-refractivity contribution in [1.82, 2.24) is 5.32 Å². The zero-order valence-electron chi connectivity index (χ0n) is 17.0. The predicted octanol–water partition coefficient (Wildman–Crippen LogP) is 2.74. The third-order valence-electron chi connectivity index (χ3n) is 4.55. The summed E-state index contributed by atoms with van der Waals surface area (Å²) in [7, 11) is 0. The van der Waals surface area contributed by atoms with Gasteiger partial charge in [0.1, 0.15) is 6.04 Å². The average Bonchev–Trinajstić information content (AvgIpc) is 3.19. The van der Waals surface area contributed by atoms with Gasteiger partial charge in [0.25, 0.3) is 11.8 Å². The SMILES string of the molecule is CC(OC(=O)[C@@H](NC(=O)c1ccccc1)C(C)C)C(=O)Nc1ccc2c(c1)OCO2. The van der Waals surface area contributed by atoms with Crippen LogP contribution in [0.25, 0.3) is 0 Å². The summed E-state index contributed by atoms with van der Waals surface area (Å²) in [5, 5.41) is 5.35. The average molecular weight is 412 g/mol. The highest BCUT2D eigenvalue weighted by Gasteiger charge is 2.29. The molecule has 0 radical (unpaired) electrons. The number of hydrogen-bond donors (Lipinski definition) is 2. The molecule has 0 bridgehead atoms. The van der Waals surface area contributed by atoms with Crippen molar-refractivity contribution in [1.29, 1.82) is 0 Å². The first-order valence-electron chi connectivity index (χ1n) is 9.62. The minimum absolute atomic E-state index is 0.131. The molecule has 0 aromatic heterocycles. The lowest BCUT2D eigenvalue weighted by atomic mass is 10.0. The van der Waals surface area contributed by atoms with Crippen molar-refractivity contribution in [3.8, 4) is 11.5 Å². The maximum absolute atomic E-state index is 12.6. The van der Waals surface area contributed by atoms with Crippen LogP contribution >= 0.6 is 0 Å². The van der Waals surface area contributed by atoms with E-state index in [2.05, 4.69) is 10.6 Å². The van der Waals surface area contributed by atoms with Gasteiger partial charge in [-0.15, -0.1) is 0 Å². The van der Waals surface area contributed by atoms with Gasteiger partial charge in [0.15, 0.2) is 17.6 Å². The van der Waals surface area contributed by atoms with E-state index >= 15 is 0 Å². The van der Waals surface area contributed by atoms with Gasteiger partial charge >= 0.3 is 5.97 Å². The molecule has 2 amide bonds. The maximum atomic E-state index is 12.6. The summed E-state index contributed by atoms with van der Waals surface area (Å²) >= 11 is 0. The lowest BCUT2D eigenvalue weighted by Crippen LogP contribution is -2.47. The van der Waals surface area contributed by atoms with Gasteiger partial charge in [0.2, 0.25) is 6.79 Å². The zero-order valence-corrected chi connectivity index (χ0v) is 17.0. The van der Waals surface area contributed by atoms with Crippen LogP contribution in [0.4, 0.5) is 5.69 Å². The first kappa shape index (κ1) is 21.2. The number of amides is 2. The van der Waals surface area contributed by atoms with Crippen LogP contribution in [0.1, 0.15) is 31.1 Å². The Balaban J connectivity index is 1.59. The van der Waals surface area contributed by atoms with Crippen LogP contribution in [0.3, 0.4) is 0 Å². The number of benzene rings is 2. The van der Waals surface area contributed by atoms with E-state index in [0.29, 0.717) is 22.7 Å². The summed E-state index contributed by atoms with van der Waals surface area (Å²) in [4.78, 5) is 37.5. The van der Waals surface area contributed by atoms with Crippen molar-refractivity contribution in [2.24, 2.45) is 5.92 Å². The Morgan fingerprint density at radius 3 is 2.37 bits per heavy atom. The predicted molar refractivity (Wildman–Crippen MR) is 109 cm³/mol. The first-order chi connectivity index (χ1) is 14.3. The van der Waals surface area contributed by atoms with E-state index in [1.165, 1.54) is 6.92 Å². The number of hydrogen-bond acceptors (Lipinski definition) is 6. The van der Waals surface area contributed by atoms with Crippen LogP contribution in [0.5, 0.6) is 11.5 Å². The number of rotatable bonds is 7. The second kappa shape index (κ2) is 9.30. The highest BCUT2D eigenvalue weighted by Crippen LogP contribution is 2.34. The minimum atomic E-state index is -1.06. The molecule has 8 heteroatoms. The molecule has 0 aliphatic carbocycles. The van der Waals surface area contributed by atoms with Crippen LogP contribution < -0.4 is 20.1 Å². The van der Waals surface area contributed by atoms with E-state index in [1.807, 2.05) is 0 Å². The molecule has 0 saturated heterocycles. The third-order valence-corrected chi connectivity index (χ3v) is 4.55. The molecule has 2 atom stereocenters. The van der Waals surface area contributed by atoms with Gasteiger partial charge in [-0.25, -0.2) is 4.79 Å². The van der Waals surface area contributed by atoms with E-state index in [1.54, 1.807) is 62.4 Å². The molecule has 8 nitrogen and oxygen atoms in total. The van der Waals surface area contributed by atoms with Crippen molar-refractivity contribution in [2.75, 3.05) is 12.1 Å². The Labute approximate surface area is 174 Å². The molecule has 0 spiro atoms. The molecule has 2 N–H and O–H groups in total. The fourth-order valence-electron chi connectivity index (χ4n) is 2.83. The van der Waals surface area contributed by atoms with Crippen molar-refractivity contribution < 1.29 is 28.6 Å². The van der Waals surface area contributed by atoms with Gasteiger partial charge in [-0.2, -0.15) is 0 Å². The van der Waals surface area contributed by atoms with Crippen molar-refractivity contribution in [3.05, 3.63) is 54.1 Å². The number of fused-ring (bicyclic) bond motifs is 1. The molecule has 30 heavy (non-hydrogen) atoms. The molecule has 1 unspecified atom stereocenters. The Kier molecular flexibility index (Phi) is 6.56. The fraction of sp³-hybridized carbons (Fsp3) is 0.318. The molecule has 2 aromatic carbocycles. The van der Waals surface area contributed by atoms with E-state index in [4.69, 9.17) is 14.2 Å². The highest BCUT2D eigenvalue weighted by atomic mass is 16.7. The summed E-state index contributed by atoms with van der Waals surface area (Å²) in [6.45, 7) is 5.17. The smallest absolute Gasteiger partial charge is 0.329 e. The Morgan fingerprint density at radius 2 is 1.67 bits per heavy atom. The highest BCUT2D eigenvalue weighted by molar-refractivity contribution is 5.98. The molecule has 1 aliphatic heterocycles. The van der Waals surface area contributed by atoms with E-state index in [0.717, 1.165) is 0 Å². The molecule has 1 heterocycles. The van der Waals surface area contributed by atoms with E-state index in [-0.39, 0.29) is 18.6 Å². The van der Waals surface area contributed by atoms with Crippen LogP contribution in [0.2, 0.25) is 0 Å². The third kappa shape index (κ3) is 5.08. The Morgan fingerprint density at radius 1 is 0.967 bits per heavy atom. The summed E-state index contributed by atoms with van der Waals surface area (Å²) in [6, 6.07) is 12.7. The van der Waals surface area contributed by atoms with Gasteiger partial charge in [-0.1, -0.05) is 32.0 Å². The van der Waals surface area contributed by atoms with Crippen LogP contribution in [-0.4, -0.2) is 36.7 Å². The maximum Gasteiger partial charge on any atom is 0.329 e. The normalized spacial score (nSPS) is 14.0. The minimum Gasteiger partial charge on any atom is -0.454 e. The molecule has 2 aromatic rings. The molecule has 1 aliphatic rings. The number of esters is 1. The first-order valence-corrected chi connectivity index (χ1v) is 9.62. The molecule has 158 valence electrons. The number of carbonyl (C=O) groups excluding carboxylic acids is 3. The lowest BCUT2D eigenvalue weighted by Gasteiger charge is -2.23. The van der Waals surface area contributed by atoms with E-state index < -0.39 is 24.0 Å². The van der Waals surface area contributed by atoms with Gasteiger partial charge in [-0.05, 0) is 37.1 Å². The molecule has 3 rings (SSSR count). The van der Waals surface area contributed by atoms with Crippen LogP contribution in [0.15, 0.2) is 48.5 Å². The zero-order chi connectivity index (χ0) is 21.7. The standard InChI is InChI=1S/C22H24N2O6/c1-13(2)19(24-21(26)15-7-5-4-6-8-15)22(27)30-14(3)20(25)23-16-9-10-17-18(11-16)29-12-28-17/h4-11,13-14,19H,12H2,1-3H3,(H,23,25)(H,24,26)/t14?,19-/m0/s1. The summed E-state index contributed by atoms with van der Waals surface area (Å²) in [5.41, 5.74) is 0.925. The van der Waals surface area contributed by atoms with Crippen LogP contribution in [-0.2, 0) is 14.3 Å². The lowest BCUT2D eigenvalue weighted by molar-refractivity contribution is -0.156. The number of carbonyl (C=O) groups is 3. The summed E-state index contributed by atoms with van der Waals surface area (Å²) in [6.07, 6.45) is -1.06. The topological polar surface area (TPSA) is 103 Å². The number of nitrogens with one attached hydrogen (secondary N) is 2. The Hall–Kier alpha value is -3.55. The van der Waals surface area contributed by atoms with Gasteiger partial charge in [0, 0.05) is 17.3 Å². The molecular weight excluding hydrogens is 388 g/mol. The molecular formula is C22H24N2O6. The van der Waals surface area contributed by atoms with Crippen molar-refractivity contribution in [3.63, 3.8) is 0 Å². The second-order valence-electron chi connectivity index (χ2n) is 7.20. The summed E-state index contributed by atoms with van der Waals surface area (Å²) in [5.74, 6) is -0.665. The van der Waals surface area contributed by atoms with Gasteiger partial charge in [0.05, 0.1) is 0 Å². The molecule has 0 saturated carbocycles. The monoisotopic (exact) mass is 412 g/mol. The van der Waals surface area contributed by atoms with Crippen LogP contribution in [0, 0.1) is 5.92 Å². The second-order valence-corrected chi connectivity index (χ2v) is 7.20. The van der Waals surface area contributed by atoms with Crippen molar-refractivity contribution in [2.45, 2.75) is 32.9 Å². The Bertz CT molecular complexity index is 928.